The Morgan fingerprint density at radius 3 is 2.35 bits per heavy atom. The van der Waals surface area contributed by atoms with Gasteiger partial charge >= 0.3 is 0 Å². The van der Waals surface area contributed by atoms with Gasteiger partial charge in [0.1, 0.15) is 5.58 Å². The molecule has 2 aromatic rings. The van der Waals surface area contributed by atoms with E-state index in [1.54, 1.807) is 12.1 Å². The van der Waals surface area contributed by atoms with Gasteiger partial charge in [0.05, 0.1) is 6.26 Å². The summed E-state index contributed by atoms with van der Waals surface area (Å²) >= 11 is 0. The maximum absolute atomic E-state index is 10.7. The van der Waals surface area contributed by atoms with E-state index in [4.69, 9.17) is 14.7 Å². The van der Waals surface area contributed by atoms with E-state index < -0.39 is 16.0 Å². The van der Waals surface area contributed by atoms with Crippen LogP contribution >= 0.6 is 0 Å². The summed E-state index contributed by atoms with van der Waals surface area (Å²) in [4.78, 5) is 10.7. The van der Waals surface area contributed by atoms with E-state index in [0.29, 0.717) is 11.8 Å². The summed E-state index contributed by atoms with van der Waals surface area (Å²) in [7, 11) is -3.67. The monoisotopic (exact) mass is 257 g/mol. The molecule has 3 N–H and O–H groups in total. The van der Waals surface area contributed by atoms with Crippen molar-refractivity contribution in [3.05, 3.63) is 36.1 Å². The highest BCUT2D eigenvalue weighted by molar-refractivity contribution is 7.85. The van der Waals surface area contributed by atoms with Crippen molar-refractivity contribution in [3.63, 3.8) is 0 Å². The summed E-state index contributed by atoms with van der Waals surface area (Å²) in [5.41, 5.74) is 5.73. The van der Waals surface area contributed by atoms with Gasteiger partial charge in [0.15, 0.2) is 5.76 Å². The molecule has 1 aromatic carbocycles. The van der Waals surface area contributed by atoms with Crippen LogP contribution in [0.4, 0.5) is 0 Å². The molecule has 92 valence electrons. The standard InChI is InChI=1S/C9H7NO2.CH4O3S/c10-9(11)8-5-6-3-1-2-4-7(6)12-8;1-5(2,3)4/h1-5H,(H2,10,11);1H3,(H,2,3,4). The Morgan fingerprint density at radius 2 is 1.88 bits per heavy atom. The van der Waals surface area contributed by atoms with Gasteiger partial charge in [0, 0.05) is 5.39 Å². The summed E-state index contributed by atoms with van der Waals surface area (Å²) in [5, 5.41) is 0.895. The molecule has 0 saturated heterocycles. The highest BCUT2D eigenvalue weighted by Gasteiger charge is 2.06. The molecule has 0 bridgehead atoms. The predicted molar refractivity (Wildman–Crippen MR) is 62.2 cm³/mol. The van der Waals surface area contributed by atoms with Gasteiger partial charge in [-0.25, -0.2) is 0 Å². The minimum Gasteiger partial charge on any atom is -0.451 e. The Balaban J connectivity index is 0.000000249. The second kappa shape index (κ2) is 4.98. The third-order valence-electron chi connectivity index (χ3n) is 1.67. The average molecular weight is 257 g/mol. The molecule has 0 aliphatic carbocycles. The molecule has 17 heavy (non-hydrogen) atoms. The summed E-state index contributed by atoms with van der Waals surface area (Å²) < 4.78 is 31.0. The van der Waals surface area contributed by atoms with Crippen molar-refractivity contribution < 1.29 is 22.2 Å². The zero-order valence-electron chi connectivity index (χ0n) is 8.95. The molecule has 0 atom stereocenters. The fourth-order valence-corrected chi connectivity index (χ4v) is 1.10. The van der Waals surface area contributed by atoms with Crippen LogP contribution in [-0.4, -0.2) is 25.1 Å². The van der Waals surface area contributed by atoms with Gasteiger partial charge in [-0.2, -0.15) is 8.42 Å². The summed E-state index contributed by atoms with van der Waals surface area (Å²) in [6, 6.07) is 9.02. The van der Waals surface area contributed by atoms with Crippen LogP contribution in [0.3, 0.4) is 0 Å². The maximum Gasteiger partial charge on any atom is 0.284 e. The largest absolute Gasteiger partial charge is 0.451 e. The summed E-state index contributed by atoms with van der Waals surface area (Å²) in [6.45, 7) is 0. The quantitative estimate of drug-likeness (QED) is 0.741. The highest BCUT2D eigenvalue weighted by Crippen LogP contribution is 2.17. The van der Waals surface area contributed by atoms with Crippen molar-refractivity contribution in [1.82, 2.24) is 0 Å². The smallest absolute Gasteiger partial charge is 0.284 e. The normalized spacial score (nSPS) is 10.7. The first-order chi connectivity index (χ1) is 7.77. The van der Waals surface area contributed by atoms with Crippen LogP contribution in [0.5, 0.6) is 0 Å². The number of benzene rings is 1. The molecule has 0 fully saturated rings. The Morgan fingerprint density at radius 1 is 1.35 bits per heavy atom. The SMILES string of the molecule is CS(=O)(=O)O.NC(=O)c1cc2ccccc2o1. The molecule has 1 heterocycles. The van der Waals surface area contributed by atoms with Gasteiger partial charge in [-0.05, 0) is 12.1 Å². The van der Waals surface area contributed by atoms with Gasteiger partial charge in [-0.3, -0.25) is 9.35 Å². The van der Waals surface area contributed by atoms with Crippen LogP contribution < -0.4 is 5.73 Å². The molecule has 7 heteroatoms. The lowest BCUT2D eigenvalue weighted by Crippen LogP contribution is -2.08. The summed E-state index contributed by atoms with van der Waals surface area (Å²) in [6.07, 6.45) is 0.715. The second-order valence-electron chi connectivity index (χ2n) is 3.25. The minimum atomic E-state index is -3.67. The fraction of sp³-hybridized carbons (Fsp3) is 0.100. The van der Waals surface area contributed by atoms with E-state index in [2.05, 4.69) is 0 Å². The topological polar surface area (TPSA) is 111 Å². The molecular weight excluding hydrogens is 246 g/mol. The third-order valence-corrected chi connectivity index (χ3v) is 1.67. The molecule has 2 rings (SSSR count). The Labute approximate surface area is 97.8 Å². The number of fused-ring (bicyclic) bond motifs is 1. The Bertz CT molecular complexity index is 588. The number of rotatable bonds is 1. The first kappa shape index (κ1) is 13.2. The first-order valence-corrected chi connectivity index (χ1v) is 6.33. The van der Waals surface area contributed by atoms with Crippen molar-refractivity contribution in [1.29, 1.82) is 0 Å². The van der Waals surface area contributed by atoms with E-state index >= 15 is 0 Å². The van der Waals surface area contributed by atoms with Gasteiger partial charge in [-0.1, -0.05) is 18.2 Å². The molecule has 0 unspecified atom stereocenters. The Kier molecular flexibility index (Phi) is 3.87. The average Bonchev–Trinajstić information content (AvgIpc) is 2.58. The molecule has 0 radical (unpaired) electrons. The molecule has 1 aromatic heterocycles. The van der Waals surface area contributed by atoms with Crippen LogP contribution in [0.1, 0.15) is 10.6 Å². The van der Waals surface area contributed by atoms with E-state index in [1.807, 2.05) is 18.2 Å². The number of primary amides is 1. The molecule has 0 saturated carbocycles. The molecule has 0 aliphatic heterocycles. The highest BCUT2D eigenvalue weighted by atomic mass is 32.2. The van der Waals surface area contributed by atoms with E-state index in [-0.39, 0.29) is 5.76 Å². The van der Waals surface area contributed by atoms with Crippen LogP contribution in [0.15, 0.2) is 34.7 Å². The van der Waals surface area contributed by atoms with Crippen LogP contribution in [0, 0.1) is 0 Å². The predicted octanol–water partition coefficient (Wildman–Crippen LogP) is 1.04. The van der Waals surface area contributed by atoms with Gasteiger partial charge in [0.25, 0.3) is 16.0 Å². The number of hydrogen-bond acceptors (Lipinski definition) is 4. The summed E-state index contributed by atoms with van der Waals surface area (Å²) in [5.74, 6) is -0.331. The third kappa shape index (κ3) is 4.66. The first-order valence-electron chi connectivity index (χ1n) is 4.48. The van der Waals surface area contributed by atoms with Crippen LogP contribution in [-0.2, 0) is 10.1 Å². The van der Waals surface area contributed by atoms with Gasteiger partial charge in [0.2, 0.25) is 0 Å². The van der Waals surface area contributed by atoms with Crippen molar-refractivity contribution in [3.8, 4) is 0 Å². The van der Waals surface area contributed by atoms with E-state index in [0.717, 1.165) is 5.39 Å². The van der Waals surface area contributed by atoms with E-state index in [1.165, 1.54) is 0 Å². The number of amides is 1. The van der Waals surface area contributed by atoms with Gasteiger partial charge < -0.3 is 10.2 Å². The lowest BCUT2D eigenvalue weighted by Gasteiger charge is -1.83. The maximum atomic E-state index is 10.7. The number of nitrogens with two attached hydrogens (primary N) is 1. The van der Waals surface area contributed by atoms with Crippen molar-refractivity contribution >= 4 is 27.0 Å². The van der Waals surface area contributed by atoms with Crippen molar-refractivity contribution in [2.24, 2.45) is 5.73 Å². The van der Waals surface area contributed by atoms with E-state index in [9.17, 15) is 13.2 Å². The minimum absolute atomic E-state index is 0.205. The Hall–Kier alpha value is -1.86. The number of carbonyl (C=O) groups excluding carboxylic acids is 1. The number of carbonyl (C=O) groups is 1. The fourth-order valence-electron chi connectivity index (χ4n) is 1.10. The lowest BCUT2D eigenvalue weighted by atomic mass is 10.2. The molecule has 0 spiro atoms. The molecular formula is C10H11NO5S. The second-order valence-corrected chi connectivity index (χ2v) is 4.71. The number of furan rings is 1. The zero-order valence-corrected chi connectivity index (χ0v) is 9.77. The molecule has 6 nitrogen and oxygen atoms in total. The van der Waals surface area contributed by atoms with Crippen LogP contribution in [0.25, 0.3) is 11.0 Å². The van der Waals surface area contributed by atoms with Gasteiger partial charge in [-0.15, -0.1) is 0 Å². The molecule has 1 amide bonds. The van der Waals surface area contributed by atoms with Crippen molar-refractivity contribution in [2.75, 3.05) is 6.26 Å². The number of hydrogen-bond donors (Lipinski definition) is 2. The molecule has 0 aliphatic rings. The van der Waals surface area contributed by atoms with Crippen molar-refractivity contribution in [2.45, 2.75) is 0 Å². The van der Waals surface area contributed by atoms with Crippen LogP contribution in [0.2, 0.25) is 0 Å². The number of para-hydroxylation sites is 1. The zero-order chi connectivity index (χ0) is 13.1. The lowest BCUT2D eigenvalue weighted by molar-refractivity contribution is 0.0976.